The number of carbonyl (C=O) groups excluding carboxylic acids is 2. The van der Waals surface area contributed by atoms with E-state index in [1.165, 1.54) is 12.1 Å². The molecule has 0 spiro atoms. The van der Waals surface area contributed by atoms with Crippen molar-refractivity contribution < 1.29 is 18.7 Å². The summed E-state index contributed by atoms with van der Waals surface area (Å²) in [6.45, 7) is 3.75. The van der Waals surface area contributed by atoms with Crippen molar-refractivity contribution in [1.82, 2.24) is 5.43 Å². The first-order valence-electron chi connectivity index (χ1n) is 9.72. The first kappa shape index (κ1) is 23.0. The smallest absolute Gasteiger partial charge is 0.329 e. The molecule has 0 heterocycles. The molecule has 0 saturated carbocycles. The molecule has 0 unspecified atom stereocenters. The van der Waals surface area contributed by atoms with E-state index in [0.717, 1.165) is 11.1 Å². The Morgan fingerprint density at radius 2 is 1.69 bits per heavy atom. The maximum atomic E-state index is 13.0. The van der Waals surface area contributed by atoms with Crippen molar-refractivity contribution in [3.8, 4) is 5.75 Å². The van der Waals surface area contributed by atoms with Gasteiger partial charge in [-0.05, 0) is 79.1 Å². The number of rotatable bonds is 6. The average molecular weight is 454 g/mol. The zero-order chi connectivity index (χ0) is 23.1. The highest BCUT2D eigenvalue weighted by Crippen LogP contribution is 2.22. The van der Waals surface area contributed by atoms with Gasteiger partial charge in [-0.3, -0.25) is 9.59 Å². The molecular weight excluding hydrogens is 433 g/mol. The van der Waals surface area contributed by atoms with Gasteiger partial charge in [-0.15, -0.1) is 0 Å². The van der Waals surface area contributed by atoms with Crippen LogP contribution in [-0.4, -0.2) is 17.5 Å². The fourth-order valence-corrected chi connectivity index (χ4v) is 2.89. The number of ether oxygens (including phenoxy) is 1. The van der Waals surface area contributed by atoms with Crippen molar-refractivity contribution in [2.24, 2.45) is 5.10 Å². The molecule has 0 fully saturated rings. The molecule has 3 aromatic rings. The van der Waals surface area contributed by atoms with Gasteiger partial charge in [-0.25, -0.2) is 9.82 Å². The summed E-state index contributed by atoms with van der Waals surface area (Å²) in [6, 6.07) is 18.2. The summed E-state index contributed by atoms with van der Waals surface area (Å²) in [6.07, 6.45) is 0. The Bertz CT molecular complexity index is 1150. The van der Waals surface area contributed by atoms with Gasteiger partial charge < -0.3 is 10.1 Å². The molecule has 0 aliphatic rings. The highest BCUT2D eigenvalue weighted by atomic mass is 35.5. The van der Waals surface area contributed by atoms with E-state index in [0.29, 0.717) is 34.3 Å². The molecule has 164 valence electrons. The minimum atomic E-state index is -0.900. The van der Waals surface area contributed by atoms with Gasteiger partial charge in [-0.2, -0.15) is 5.10 Å². The van der Waals surface area contributed by atoms with Gasteiger partial charge in [-0.1, -0.05) is 29.8 Å². The van der Waals surface area contributed by atoms with Crippen LogP contribution in [0.25, 0.3) is 0 Å². The summed E-state index contributed by atoms with van der Waals surface area (Å²) in [5.74, 6) is -1.41. The molecule has 0 aromatic heterocycles. The van der Waals surface area contributed by atoms with Crippen LogP contribution in [0.2, 0.25) is 5.02 Å². The summed E-state index contributed by atoms with van der Waals surface area (Å²) < 4.78 is 18.6. The minimum Gasteiger partial charge on any atom is -0.489 e. The van der Waals surface area contributed by atoms with Crippen molar-refractivity contribution in [1.29, 1.82) is 0 Å². The van der Waals surface area contributed by atoms with E-state index in [4.69, 9.17) is 16.3 Å². The van der Waals surface area contributed by atoms with Gasteiger partial charge in [0, 0.05) is 10.7 Å². The summed E-state index contributed by atoms with van der Waals surface area (Å²) >= 11 is 6.02. The van der Waals surface area contributed by atoms with Crippen molar-refractivity contribution >= 4 is 34.8 Å². The number of hydrazone groups is 1. The maximum Gasteiger partial charge on any atom is 0.329 e. The molecule has 0 saturated heterocycles. The number of amides is 2. The monoisotopic (exact) mass is 453 g/mol. The number of carbonyl (C=O) groups is 2. The third-order valence-corrected chi connectivity index (χ3v) is 5.05. The Morgan fingerprint density at radius 1 is 1.00 bits per heavy atom. The predicted molar refractivity (Wildman–Crippen MR) is 122 cm³/mol. The van der Waals surface area contributed by atoms with Crippen molar-refractivity contribution in [2.45, 2.75) is 20.5 Å². The first-order chi connectivity index (χ1) is 15.3. The van der Waals surface area contributed by atoms with Gasteiger partial charge in [0.1, 0.15) is 18.2 Å². The Kier molecular flexibility index (Phi) is 7.57. The second-order valence-electron chi connectivity index (χ2n) is 6.94. The lowest BCUT2D eigenvalue weighted by Crippen LogP contribution is -2.33. The second-order valence-corrected chi connectivity index (χ2v) is 7.35. The zero-order valence-corrected chi connectivity index (χ0v) is 18.2. The fourth-order valence-electron chi connectivity index (χ4n) is 2.71. The largest absolute Gasteiger partial charge is 0.489 e. The second kappa shape index (κ2) is 10.5. The molecule has 0 radical (unpaired) electrons. The van der Waals surface area contributed by atoms with Crippen molar-refractivity contribution in [3.05, 3.63) is 94.3 Å². The van der Waals surface area contributed by atoms with Crippen LogP contribution >= 0.6 is 11.6 Å². The number of hydrogen-bond acceptors (Lipinski definition) is 4. The summed E-state index contributed by atoms with van der Waals surface area (Å²) in [5, 5.41) is 6.98. The molecular formula is C24H21ClFN3O3. The van der Waals surface area contributed by atoms with Gasteiger partial charge in [0.25, 0.3) is 0 Å². The first-order valence-corrected chi connectivity index (χ1v) is 10.1. The number of halogens is 2. The van der Waals surface area contributed by atoms with Gasteiger partial charge in [0.15, 0.2) is 0 Å². The lowest BCUT2D eigenvalue weighted by atomic mass is 10.1. The van der Waals surface area contributed by atoms with Crippen molar-refractivity contribution in [3.63, 3.8) is 0 Å². The highest BCUT2D eigenvalue weighted by Gasteiger charge is 2.15. The number of hydrogen-bond donors (Lipinski definition) is 2. The van der Waals surface area contributed by atoms with Crippen LogP contribution in [0.4, 0.5) is 10.1 Å². The standard InChI is InChI=1S/C24H21ClFN3O3/c1-15-21(25)4-3-5-22(15)27-23(30)24(31)29-28-16(2)18-8-12-20(13-9-18)32-14-17-6-10-19(26)11-7-17/h3-13H,14H2,1-2H3,(H,27,30)(H,29,31)/b28-16+. The number of nitrogens with one attached hydrogen (secondary N) is 2. The molecule has 6 nitrogen and oxygen atoms in total. The van der Waals surface area contributed by atoms with E-state index in [2.05, 4.69) is 15.8 Å². The van der Waals surface area contributed by atoms with E-state index in [-0.39, 0.29) is 5.82 Å². The van der Waals surface area contributed by atoms with E-state index in [9.17, 15) is 14.0 Å². The molecule has 32 heavy (non-hydrogen) atoms. The van der Waals surface area contributed by atoms with Crippen LogP contribution in [-0.2, 0) is 16.2 Å². The number of anilines is 1. The van der Waals surface area contributed by atoms with Crippen LogP contribution < -0.4 is 15.5 Å². The van der Waals surface area contributed by atoms with E-state index >= 15 is 0 Å². The Hall–Kier alpha value is -3.71. The van der Waals surface area contributed by atoms with Crippen LogP contribution in [0.3, 0.4) is 0 Å². The normalized spacial score (nSPS) is 11.1. The van der Waals surface area contributed by atoms with Crippen LogP contribution in [0.1, 0.15) is 23.6 Å². The highest BCUT2D eigenvalue weighted by molar-refractivity contribution is 6.40. The predicted octanol–water partition coefficient (Wildman–Crippen LogP) is 4.85. The lowest BCUT2D eigenvalue weighted by molar-refractivity contribution is -0.136. The quantitative estimate of drug-likeness (QED) is 0.318. The minimum absolute atomic E-state index is 0.294. The maximum absolute atomic E-state index is 13.0. The molecule has 8 heteroatoms. The molecule has 0 atom stereocenters. The van der Waals surface area contributed by atoms with Crippen LogP contribution in [0.15, 0.2) is 71.8 Å². The summed E-state index contributed by atoms with van der Waals surface area (Å²) in [5.41, 5.74) is 5.46. The molecule has 0 aliphatic carbocycles. The summed E-state index contributed by atoms with van der Waals surface area (Å²) in [4.78, 5) is 24.2. The number of nitrogens with zero attached hydrogens (tertiary/aromatic N) is 1. The third kappa shape index (κ3) is 6.15. The number of benzene rings is 3. The van der Waals surface area contributed by atoms with Crippen molar-refractivity contribution in [2.75, 3.05) is 5.32 Å². The third-order valence-electron chi connectivity index (χ3n) is 4.64. The topological polar surface area (TPSA) is 79.8 Å². The van der Waals surface area contributed by atoms with Gasteiger partial charge in [0.05, 0.1) is 5.71 Å². The van der Waals surface area contributed by atoms with E-state index in [1.807, 2.05) is 0 Å². The Morgan fingerprint density at radius 3 is 2.38 bits per heavy atom. The molecule has 0 aliphatic heterocycles. The van der Waals surface area contributed by atoms with Gasteiger partial charge in [0.2, 0.25) is 0 Å². The Labute approximate surface area is 190 Å². The SMILES string of the molecule is C/C(=N\NC(=O)C(=O)Nc1cccc(Cl)c1C)c1ccc(OCc2ccc(F)cc2)cc1. The summed E-state index contributed by atoms with van der Waals surface area (Å²) in [7, 11) is 0. The van der Waals surface area contributed by atoms with Crippen LogP contribution in [0, 0.1) is 12.7 Å². The Balaban J connectivity index is 1.54. The molecule has 3 rings (SSSR count). The lowest BCUT2D eigenvalue weighted by Gasteiger charge is -2.09. The van der Waals surface area contributed by atoms with E-state index < -0.39 is 11.8 Å². The van der Waals surface area contributed by atoms with Crippen LogP contribution in [0.5, 0.6) is 5.75 Å². The fraction of sp³-hybridized carbons (Fsp3) is 0.125. The van der Waals surface area contributed by atoms with Gasteiger partial charge >= 0.3 is 11.8 Å². The molecule has 2 amide bonds. The van der Waals surface area contributed by atoms with E-state index in [1.54, 1.807) is 68.4 Å². The zero-order valence-electron chi connectivity index (χ0n) is 17.5. The molecule has 3 aromatic carbocycles. The molecule has 0 bridgehead atoms. The average Bonchev–Trinajstić information content (AvgIpc) is 2.80. The molecule has 2 N–H and O–H groups in total.